The summed E-state index contributed by atoms with van der Waals surface area (Å²) in [6, 6.07) is 3.87. The van der Waals surface area contributed by atoms with Gasteiger partial charge >= 0.3 is 17.8 Å². The molecule has 0 radical (unpaired) electrons. The number of hydrogen-bond donors (Lipinski definition) is 3. The lowest BCUT2D eigenvalue weighted by molar-refractivity contribution is -0.138. The molecular weight excluding hydrogens is 574 g/mol. The lowest BCUT2D eigenvalue weighted by atomic mass is 9.95. The van der Waals surface area contributed by atoms with Crippen molar-refractivity contribution in [2.24, 2.45) is 0 Å². The van der Waals surface area contributed by atoms with E-state index in [1.807, 2.05) is 27.9 Å². The third-order valence-corrected chi connectivity index (χ3v) is 7.15. The first-order chi connectivity index (χ1) is 15.8. The third-order valence-electron chi connectivity index (χ3n) is 5.59. The van der Waals surface area contributed by atoms with Gasteiger partial charge in [-0.05, 0) is 30.5 Å². The minimum absolute atomic E-state index is 0.207. The van der Waals surface area contributed by atoms with Gasteiger partial charge in [0, 0.05) is 0 Å². The number of aromatic nitrogens is 2. The molecule has 0 unspecified atom stereocenters. The summed E-state index contributed by atoms with van der Waals surface area (Å²) in [5, 5.41) is 21.5. The molecule has 0 spiro atoms. The van der Waals surface area contributed by atoms with E-state index >= 15 is 0 Å². The topological polar surface area (TPSA) is 131 Å². The van der Waals surface area contributed by atoms with Crippen LogP contribution in [0, 0.1) is 0 Å². The number of carbonyl (C=O) groups is 2. The Labute approximate surface area is 204 Å². The molecule has 13 heteroatoms. The molecule has 1 aliphatic carbocycles. The number of aliphatic carboxylic acids is 1. The molecule has 1 heterocycles. The molecule has 1 aromatic carbocycles. The zero-order valence-electron chi connectivity index (χ0n) is 17.7. The Hall–Kier alpha value is -2.84. The van der Waals surface area contributed by atoms with Gasteiger partial charge in [-0.3, -0.25) is 19.0 Å². The van der Waals surface area contributed by atoms with E-state index in [1.165, 1.54) is 0 Å². The second kappa shape index (κ2) is 9.80. The third kappa shape index (κ3) is 5.28. The van der Waals surface area contributed by atoms with Crippen LogP contribution in [0.15, 0.2) is 33.9 Å². The van der Waals surface area contributed by atoms with Crippen LogP contribution in [0.2, 0.25) is 0 Å². The first-order valence-electron chi connectivity index (χ1n) is 10.3. The molecule has 1 amide bonds. The fourth-order valence-corrected chi connectivity index (χ4v) is 5.07. The van der Waals surface area contributed by atoms with Crippen LogP contribution in [0.5, 0.6) is 5.88 Å². The van der Waals surface area contributed by atoms with Crippen LogP contribution in [0.25, 0.3) is 0 Å². The number of aromatic hydroxyl groups is 1. The highest BCUT2D eigenvalue weighted by molar-refractivity contribution is 14.1. The molecule has 2 aromatic rings. The summed E-state index contributed by atoms with van der Waals surface area (Å²) in [6.45, 7) is -1.25. The van der Waals surface area contributed by atoms with Gasteiger partial charge in [-0.2, -0.15) is 13.2 Å². The van der Waals surface area contributed by atoms with Crippen molar-refractivity contribution in [3.05, 3.63) is 61.8 Å². The number of rotatable bonds is 6. The molecule has 34 heavy (non-hydrogen) atoms. The van der Waals surface area contributed by atoms with Gasteiger partial charge < -0.3 is 15.5 Å². The SMILES string of the molecule is O=C(O)CNC(=O)c1c(O)n(Cc2ccc(C(F)(F)F)cc2)c(=O)n(C2(I)CCCCC2)c1=O. The smallest absolute Gasteiger partial charge is 0.416 e. The fraction of sp³-hybridized carbons (Fsp3) is 0.429. The van der Waals surface area contributed by atoms with Crippen molar-refractivity contribution in [3.63, 3.8) is 0 Å². The lowest BCUT2D eigenvalue weighted by Crippen LogP contribution is -2.52. The fourth-order valence-electron chi connectivity index (χ4n) is 3.88. The van der Waals surface area contributed by atoms with Crippen molar-refractivity contribution < 1.29 is 33.0 Å². The number of benzene rings is 1. The van der Waals surface area contributed by atoms with Gasteiger partial charge in [0.05, 0.1) is 12.1 Å². The van der Waals surface area contributed by atoms with Gasteiger partial charge in [0.1, 0.15) is 10.1 Å². The number of alkyl halides is 4. The van der Waals surface area contributed by atoms with Crippen LogP contribution < -0.4 is 16.6 Å². The number of carboxylic acid groups (broad SMARTS) is 1. The van der Waals surface area contributed by atoms with Gasteiger partial charge in [0.25, 0.3) is 11.5 Å². The van der Waals surface area contributed by atoms with E-state index in [0.29, 0.717) is 12.8 Å². The van der Waals surface area contributed by atoms with Crippen LogP contribution in [-0.2, 0) is 21.1 Å². The van der Waals surface area contributed by atoms with Crippen molar-refractivity contribution in [1.82, 2.24) is 14.5 Å². The van der Waals surface area contributed by atoms with E-state index in [2.05, 4.69) is 0 Å². The second-order valence-electron chi connectivity index (χ2n) is 7.96. The van der Waals surface area contributed by atoms with Crippen molar-refractivity contribution in [3.8, 4) is 5.88 Å². The zero-order chi connectivity index (χ0) is 25.3. The Morgan fingerprint density at radius 3 is 2.21 bits per heavy atom. The molecule has 9 nitrogen and oxygen atoms in total. The first kappa shape index (κ1) is 25.8. The summed E-state index contributed by atoms with van der Waals surface area (Å²) in [5.74, 6) is -3.57. The summed E-state index contributed by atoms with van der Waals surface area (Å²) in [4.78, 5) is 50.0. The highest BCUT2D eigenvalue weighted by Gasteiger charge is 2.37. The molecule has 3 rings (SSSR count). The van der Waals surface area contributed by atoms with Crippen LogP contribution in [0.4, 0.5) is 13.2 Å². The normalized spacial score (nSPS) is 15.6. The molecule has 1 fully saturated rings. The van der Waals surface area contributed by atoms with Crippen LogP contribution in [0.3, 0.4) is 0 Å². The Morgan fingerprint density at radius 2 is 1.68 bits per heavy atom. The standard InChI is InChI=1S/C21H21F3IN3O6/c22-21(23,24)13-6-4-12(5-7-13)11-27-17(32)15(16(31)26-10-14(29)30)18(33)28(19(27)34)20(25)8-2-1-3-9-20/h4-7,32H,1-3,8-11H2,(H,26,31)(H,29,30). The number of halogens is 4. The monoisotopic (exact) mass is 595 g/mol. The van der Waals surface area contributed by atoms with Gasteiger partial charge in [-0.1, -0.05) is 54.0 Å². The predicted molar refractivity (Wildman–Crippen MR) is 122 cm³/mol. The van der Waals surface area contributed by atoms with Crippen LogP contribution >= 0.6 is 22.6 Å². The maximum absolute atomic E-state index is 13.3. The van der Waals surface area contributed by atoms with E-state index < -0.39 is 62.9 Å². The molecule has 1 saturated carbocycles. The minimum Gasteiger partial charge on any atom is -0.494 e. The number of amides is 1. The first-order valence-corrected chi connectivity index (χ1v) is 11.4. The van der Waals surface area contributed by atoms with Crippen molar-refractivity contribution in [2.45, 2.75) is 48.4 Å². The van der Waals surface area contributed by atoms with Gasteiger partial charge in [-0.15, -0.1) is 0 Å². The van der Waals surface area contributed by atoms with E-state index in [1.54, 1.807) is 0 Å². The van der Waals surface area contributed by atoms with E-state index in [9.17, 15) is 37.5 Å². The highest BCUT2D eigenvalue weighted by atomic mass is 127. The van der Waals surface area contributed by atoms with Crippen LogP contribution in [0.1, 0.15) is 53.6 Å². The largest absolute Gasteiger partial charge is 0.494 e. The Kier molecular flexibility index (Phi) is 7.43. The summed E-state index contributed by atoms with van der Waals surface area (Å²) < 4.78 is 39.2. The number of carbonyl (C=O) groups excluding carboxylic acids is 1. The molecule has 0 bridgehead atoms. The maximum atomic E-state index is 13.3. The average Bonchev–Trinajstić information content (AvgIpc) is 2.75. The molecule has 0 aliphatic heterocycles. The number of nitrogens with one attached hydrogen (secondary N) is 1. The molecule has 0 atom stereocenters. The quantitative estimate of drug-likeness (QED) is 0.348. The summed E-state index contributed by atoms with van der Waals surface area (Å²) >= 11 is 1.97. The molecule has 1 aliphatic rings. The van der Waals surface area contributed by atoms with Crippen LogP contribution in [-0.4, -0.2) is 37.8 Å². The zero-order valence-corrected chi connectivity index (χ0v) is 19.9. The number of nitrogens with zero attached hydrogens (tertiary/aromatic N) is 2. The lowest BCUT2D eigenvalue weighted by Gasteiger charge is -2.33. The summed E-state index contributed by atoms with van der Waals surface area (Å²) in [6.07, 6.45) is -1.34. The van der Waals surface area contributed by atoms with Crippen molar-refractivity contribution in [1.29, 1.82) is 0 Å². The highest BCUT2D eigenvalue weighted by Crippen LogP contribution is 2.39. The van der Waals surface area contributed by atoms with E-state index in [4.69, 9.17) is 5.11 Å². The Morgan fingerprint density at radius 1 is 1.09 bits per heavy atom. The second-order valence-corrected chi connectivity index (χ2v) is 9.97. The van der Waals surface area contributed by atoms with Gasteiger partial charge in [0.15, 0.2) is 5.56 Å². The molecule has 184 valence electrons. The number of carboxylic acids is 1. The van der Waals surface area contributed by atoms with E-state index in [-0.39, 0.29) is 5.56 Å². The minimum atomic E-state index is -4.56. The Balaban J connectivity index is 2.16. The molecular formula is C21H21F3IN3O6. The van der Waals surface area contributed by atoms with Gasteiger partial charge in [-0.25, -0.2) is 9.36 Å². The van der Waals surface area contributed by atoms with Gasteiger partial charge in [0.2, 0.25) is 5.88 Å². The molecule has 1 aromatic heterocycles. The van der Waals surface area contributed by atoms with E-state index in [0.717, 1.165) is 52.7 Å². The Bertz CT molecular complexity index is 1210. The van der Waals surface area contributed by atoms with Crippen molar-refractivity contribution in [2.75, 3.05) is 6.54 Å². The molecule has 3 N–H and O–H groups in total. The van der Waals surface area contributed by atoms with Crippen molar-refractivity contribution >= 4 is 34.5 Å². The average molecular weight is 595 g/mol. The summed E-state index contributed by atoms with van der Waals surface area (Å²) in [7, 11) is 0. The number of hydrogen-bond acceptors (Lipinski definition) is 5. The summed E-state index contributed by atoms with van der Waals surface area (Å²) in [5.41, 5.74) is -3.49. The maximum Gasteiger partial charge on any atom is 0.416 e. The predicted octanol–water partition coefficient (Wildman–Crippen LogP) is 2.65. The molecule has 0 saturated heterocycles.